The summed E-state index contributed by atoms with van der Waals surface area (Å²) in [6.07, 6.45) is 0.868. The SMILES string of the molecule is CCNC(=O)c1ccc2c(c1)NC(=O)C2=C(Nc1ccc(N(CCCN(C)C)C(C)=O)cc1)c1ccccc1. The summed E-state index contributed by atoms with van der Waals surface area (Å²) >= 11 is 0. The minimum Gasteiger partial charge on any atom is -0.354 e. The first-order valence-electron chi connectivity index (χ1n) is 13.1. The molecule has 3 N–H and O–H groups in total. The maximum absolute atomic E-state index is 13.3. The molecule has 0 saturated heterocycles. The number of nitrogens with zero attached hydrogens (tertiary/aromatic N) is 2. The molecule has 0 aromatic heterocycles. The van der Waals surface area contributed by atoms with Crippen molar-refractivity contribution in [2.75, 3.05) is 49.3 Å². The van der Waals surface area contributed by atoms with Crippen LogP contribution in [0.4, 0.5) is 17.1 Å². The number of amides is 3. The number of fused-ring (bicyclic) bond motifs is 1. The molecule has 0 aliphatic carbocycles. The summed E-state index contributed by atoms with van der Waals surface area (Å²) in [4.78, 5) is 41.8. The lowest BCUT2D eigenvalue weighted by atomic mass is 9.99. The van der Waals surface area contributed by atoms with Crippen LogP contribution in [0.15, 0.2) is 72.8 Å². The van der Waals surface area contributed by atoms with E-state index in [0.717, 1.165) is 35.5 Å². The number of hydrogen-bond acceptors (Lipinski definition) is 5. The molecule has 0 unspecified atom stereocenters. The Kier molecular flexibility index (Phi) is 8.78. The summed E-state index contributed by atoms with van der Waals surface area (Å²) in [6.45, 7) is 5.49. The van der Waals surface area contributed by atoms with E-state index in [1.807, 2.05) is 75.6 Å². The van der Waals surface area contributed by atoms with Gasteiger partial charge in [0.05, 0.1) is 11.3 Å². The number of hydrogen-bond donors (Lipinski definition) is 3. The van der Waals surface area contributed by atoms with E-state index in [4.69, 9.17) is 0 Å². The first-order valence-corrected chi connectivity index (χ1v) is 13.1. The quantitative estimate of drug-likeness (QED) is 0.335. The highest BCUT2D eigenvalue weighted by molar-refractivity contribution is 6.37. The monoisotopic (exact) mass is 525 g/mol. The summed E-state index contributed by atoms with van der Waals surface area (Å²) in [5.41, 5.74) is 5.41. The third kappa shape index (κ3) is 6.53. The molecule has 3 amide bonds. The Morgan fingerprint density at radius 3 is 2.26 bits per heavy atom. The van der Waals surface area contributed by atoms with Crippen LogP contribution >= 0.6 is 0 Å². The van der Waals surface area contributed by atoms with Crippen LogP contribution in [-0.2, 0) is 9.59 Å². The van der Waals surface area contributed by atoms with Crippen LogP contribution in [0.2, 0.25) is 0 Å². The summed E-state index contributed by atoms with van der Waals surface area (Å²) in [6, 6.07) is 22.5. The molecule has 0 fully saturated rings. The van der Waals surface area contributed by atoms with Gasteiger partial charge in [-0.3, -0.25) is 14.4 Å². The fourth-order valence-electron chi connectivity index (χ4n) is 4.59. The van der Waals surface area contributed by atoms with Crippen molar-refractivity contribution in [2.45, 2.75) is 20.3 Å². The molecule has 0 atom stereocenters. The van der Waals surface area contributed by atoms with Gasteiger partial charge in [-0.2, -0.15) is 0 Å². The molecule has 202 valence electrons. The van der Waals surface area contributed by atoms with Crippen LogP contribution < -0.4 is 20.9 Å². The molecule has 3 aromatic carbocycles. The highest BCUT2D eigenvalue weighted by Crippen LogP contribution is 2.38. The molecule has 0 spiro atoms. The molecule has 0 radical (unpaired) electrons. The third-order valence-corrected chi connectivity index (χ3v) is 6.49. The van der Waals surface area contributed by atoms with Gasteiger partial charge in [0.25, 0.3) is 11.8 Å². The minimum atomic E-state index is -0.246. The number of anilines is 3. The average molecular weight is 526 g/mol. The van der Waals surface area contributed by atoms with Crippen molar-refractivity contribution in [2.24, 2.45) is 0 Å². The number of benzene rings is 3. The topological polar surface area (TPSA) is 93.8 Å². The van der Waals surface area contributed by atoms with Gasteiger partial charge in [0.15, 0.2) is 0 Å². The van der Waals surface area contributed by atoms with E-state index < -0.39 is 0 Å². The second-order valence-electron chi connectivity index (χ2n) is 9.69. The van der Waals surface area contributed by atoms with Gasteiger partial charge < -0.3 is 25.8 Å². The zero-order chi connectivity index (χ0) is 27.9. The lowest BCUT2D eigenvalue weighted by Gasteiger charge is -2.23. The van der Waals surface area contributed by atoms with Crippen molar-refractivity contribution in [1.29, 1.82) is 0 Å². The first-order chi connectivity index (χ1) is 18.8. The standard InChI is InChI=1S/C31H35N5O3/c1-5-32-30(38)23-12-17-26-27(20-23)34-31(39)28(26)29(22-10-7-6-8-11-22)33-24-13-15-25(16-14-24)36(21(2)37)19-9-18-35(3)4/h6-8,10-17,20,33H,5,9,18-19H2,1-4H3,(H,32,38)(H,34,39). The summed E-state index contributed by atoms with van der Waals surface area (Å²) in [5, 5.41) is 9.16. The molecule has 4 rings (SSSR count). The number of carbonyl (C=O) groups is 3. The smallest absolute Gasteiger partial charge is 0.258 e. The second kappa shape index (κ2) is 12.4. The molecular formula is C31H35N5O3. The van der Waals surface area contributed by atoms with E-state index in [0.29, 0.717) is 35.6 Å². The van der Waals surface area contributed by atoms with Crippen molar-refractivity contribution >= 4 is 46.1 Å². The Hall–Kier alpha value is -4.43. The minimum absolute atomic E-state index is 0.00669. The number of rotatable bonds is 10. The number of carbonyl (C=O) groups excluding carboxylic acids is 3. The van der Waals surface area contributed by atoms with E-state index in [9.17, 15) is 14.4 Å². The molecule has 0 saturated carbocycles. The largest absolute Gasteiger partial charge is 0.354 e. The van der Waals surface area contributed by atoms with Crippen LogP contribution in [0, 0.1) is 0 Å². The summed E-state index contributed by atoms with van der Waals surface area (Å²) in [5.74, 6) is -0.438. The van der Waals surface area contributed by atoms with E-state index in [2.05, 4.69) is 20.9 Å². The van der Waals surface area contributed by atoms with Gasteiger partial charge in [-0.05, 0) is 75.9 Å². The fraction of sp³-hybridized carbons (Fsp3) is 0.258. The van der Waals surface area contributed by atoms with Gasteiger partial charge >= 0.3 is 0 Å². The summed E-state index contributed by atoms with van der Waals surface area (Å²) in [7, 11) is 4.03. The lowest BCUT2D eigenvalue weighted by molar-refractivity contribution is -0.116. The maximum Gasteiger partial charge on any atom is 0.258 e. The molecule has 8 heteroatoms. The van der Waals surface area contributed by atoms with Crippen LogP contribution in [0.1, 0.15) is 41.8 Å². The Labute approximate surface area is 229 Å². The Morgan fingerprint density at radius 1 is 0.897 bits per heavy atom. The van der Waals surface area contributed by atoms with Crippen molar-refractivity contribution in [1.82, 2.24) is 10.2 Å². The number of nitrogens with one attached hydrogen (secondary N) is 3. The zero-order valence-electron chi connectivity index (χ0n) is 22.9. The Morgan fingerprint density at radius 2 is 1.62 bits per heavy atom. The van der Waals surface area contributed by atoms with Crippen LogP contribution in [0.3, 0.4) is 0 Å². The first kappa shape index (κ1) is 27.6. The zero-order valence-corrected chi connectivity index (χ0v) is 22.9. The molecule has 1 aliphatic rings. The molecule has 1 aliphatic heterocycles. The van der Waals surface area contributed by atoms with Crippen LogP contribution in [0.25, 0.3) is 11.3 Å². The lowest BCUT2D eigenvalue weighted by Crippen LogP contribution is -2.31. The molecular weight excluding hydrogens is 490 g/mol. The van der Waals surface area contributed by atoms with Gasteiger partial charge in [-0.25, -0.2) is 0 Å². The van der Waals surface area contributed by atoms with E-state index in [1.54, 1.807) is 30.0 Å². The molecule has 3 aromatic rings. The normalized spacial score (nSPS) is 13.5. The van der Waals surface area contributed by atoms with Gasteiger partial charge in [0.2, 0.25) is 5.91 Å². The van der Waals surface area contributed by atoms with E-state index >= 15 is 0 Å². The highest BCUT2D eigenvalue weighted by atomic mass is 16.2. The fourth-order valence-corrected chi connectivity index (χ4v) is 4.59. The predicted molar refractivity (Wildman–Crippen MR) is 158 cm³/mol. The van der Waals surface area contributed by atoms with E-state index in [-0.39, 0.29) is 17.7 Å². The van der Waals surface area contributed by atoms with Gasteiger partial charge in [0.1, 0.15) is 0 Å². The maximum atomic E-state index is 13.3. The van der Waals surface area contributed by atoms with Crippen molar-refractivity contribution in [3.05, 3.63) is 89.5 Å². The predicted octanol–water partition coefficient (Wildman–Crippen LogP) is 4.67. The van der Waals surface area contributed by atoms with Gasteiger partial charge in [-0.1, -0.05) is 36.4 Å². The van der Waals surface area contributed by atoms with Crippen molar-refractivity contribution in [3.63, 3.8) is 0 Å². The van der Waals surface area contributed by atoms with Gasteiger partial charge in [-0.15, -0.1) is 0 Å². The average Bonchev–Trinajstić information content (AvgIpc) is 3.25. The van der Waals surface area contributed by atoms with Gasteiger partial charge in [0, 0.05) is 48.2 Å². The Balaban J connectivity index is 1.67. The second-order valence-corrected chi connectivity index (χ2v) is 9.69. The van der Waals surface area contributed by atoms with Crippen molar-refractivity contribution in [3.8, 4) is 0 Å². The third-order valence-electron chi connectivity index (χ3n) is 6.49. The molecule has 0 bridgehead atoms. The van der Waals surface area contributed by atoms with Crippen LogP contribution in [-0.4, -0.2) is 56.4 Å². The summed E-state index contributed by atoms with van der Waals surface area (Å²) < 4.78 is 0. The molecule has 39 heavy (non-hydrogen) atoms. The van der Waals surface area contributed by atoms with Crippen LogP contribution in [0.5, 0.6) is 0 Å². The highest BCUT2D eigenvalue weighted by Gasteiger charge is 2.29. The Bertz CT molecular complexity index is 1380. The van der Waals surface area contributed by atoms with Crippen molar-refractivity contribution < 1.29 is 14.4 Å². The van der Waals surface area contributed by atoms with E-state index in [1.165, 1.54) is 0 Å². The molecule has 8 nitrogen and oxygen atoms in total. The molecule has 1 heterocycles.